The molecule has 1 heterocycles. The molecule has 1 unspecified atom stereocenters. The van der Waals surface area contributed by atoms with Crippen LogP contribution in [0, 0.1) is 4.77 Å². The maximum absolute atomic E-state index is 12.0. The van der Waals surface area contributed by atoms with Crippen molar-refractivity contribution in [1.82, 2.24) is 9.13 Å². The summed E-state index contributed by atoms with van der Waals surface area (Å²) in [6.07, 6.45) is 7.00. The lowest BCUT2D eigenvalue weighted by molar-refractivity contribution is -0.155. The van der Waals surface area contributed by atoms with Crippen molar-refractivity contribution in [1.29, 1.82) is 0 Å². The molecule has 3 rings (SSSR count). The monoisotopic (exact) mass is 344 g/mol. The van der Waals surface area contributed by atoms with Crippen molar-refractivity contribution in [2.45, 2.75) is 58.2 Å². The molecule has 0 spiro atoms. The van der Waals surface area contributed by atoms with E-state index in [1.165, 1.54) is 11.1 Å². The number of rotatable bonds is 3. The van der Waals surface area contributed by atoms with Crippen molar-refractivity contribution in [2.24, 2.45) is 0 Å². The molecule has 1 aliphatic carbocycles. The number of hydrogen-bond donors (Lipinski definition) is 0. The standard InChI is InChI=1S/C19H24N2O2S/c1-19(2,3)23-17(22)13-20-10-11-21(18(20)24)16-9-8-14-6-4-5-7-15(14)12-16/h4-7,10-11,16H,8-9,12-13H2,1-3H3. The molecular weight excluding hydrogens is 320 g/mol. The second-order valence-corrected chi connectivity index (χ2v) is 7.73. The third-order valence-electron chi connectivity index (χ3n) is 4.31. The minimum atomic E-state index is -0.477. The molecule has 0 saturated carbocycles. The summed E-state index contributed by atoms with van der Waals surface area (Å²) in [5.74, 6) is -0.259. The maximum Gasteiger partial charge on any atom is 0.326 e. The molecule has 0 amide bonds. The first-order valence-electron chi connectivity index (χ1n) is 8.39. The minimum Gasteiger partial charge on any atom is -0.459 e. The highest BCUT2D eigenvalue weighted by Gasteiger charge is 2.22. The fourth-order valence-electron chi connectivity index (χ4n) is 3.26. The Bertz CT molecular complexity index is 798. The van der Waals surface area contributed by atoms with Gasteiger partial charge in [-0.15, -0.1) is 0 Å². The van der Waals surface area contributed by atoms with E-state index in [4.69, 9.17) is 17.0 Å². The zero-order valence-electron chi connectivity index (χ0n) is 14.5. The molecule has 4 nitrogen and oxygen atoms in total. The van der Waals surface area contributed by atoms with Gasteiger partial charge in [-0.2, -0.15) is 0 Å². The zero-order chi connectivity index (χ0) is 17.3. The number of aromatic nitrogens is 2. The number of carbonyl (C=O) groups is 1. The summed E-state index contributed by atoms with van der Waals surface area (Å²) in [6.45, 7) is 5.77. The molecule has 0 saturated heterocycles. The van der Waals surface area contributed by atoms with Crippen LogP contribution in [0.25, 0.3) is 0 Å². The summed E-state index contributed by atoms with van der Waals surface area (Å²) < 4.78 is 9.98. The van der Waals surface area contributed by atoms with Gasteiger partial charge in [-0.25, -0.2) is 0 Å². The normalized spacial score (nSPS) is 17.4. The maximum atomic E-state index is 12.0. The van der Waals surface area contributed by atoms with Crippen molar-refractivity contribution >= 4 is 18.2 Å². The van der Waals surface area contributed by atoms with E-state index < -0.39 is 5.60 Å². The van der Waals surface area contributed by atoms with Crippen LogP contribution in [0.2, 0.25) is 0 Å². The van der Waals surface area contributed by atoms with E-state index in [1.807, 2.05) is 33.2 Å². The number of carbonyl (C=O) groups excluding carboxylic acids is 1. The molecule has 0 aliphatic heterocycles. The van der Waals surface area contributed by atoms with Crippen LogP contribution in [-0.2, 0) is 28.9 Å². The van der Waals surface area contributed by atoms with Crippen molar-refractivity contribution < 1.29 is 9.53 Å². The Morgan fingerprint density at radius 3 is 2.67 bits per heavy atom. The van der Waals surface area contributed by atoms with Gasteiger partial charge in [-0.05, 0) is 63.4 Å². The van der Waals surface area contributed by atoms with Crippen molar-refractivity contribution in [3.05, 3.63) is 52.6 Å². The third-order valence-corrected chi connectivity index (χ3v) is 4.75. The summed E-state index contributed by atoms with van der Waals surface area (Å²) in [5, 5.41) is 0. The molecule has 1 atom stereocenters. The number of esters is 1. The second kappa shape index (κ2) is 6.55. The van der Waals surface area contributed by atoms with E-state index >= 15 is 0 Å². The quantitative estimate of drug-likeness (QED) is 0.621. The van der Waals surface area contributed by atoms with Gasteiger partial charge in [0.05, 0.1) is 0 Å². The summed E-state index contributed by atoms with van der Waals surface area (Å²) in [7, 11) is 0. The Kier molecular flexibility index (Phi) is 4.63. The SMILES string of the molecule is CC(C)(C)OC(=O)Cn1ccn(C2CCc3ccccc3C2)c1=S. The van der Waals surface area contributed by atoms with Crippen LogP contribution in [0.1, 0.15) is 44.4 Å². The van der Waals surface area contributed by atoms with E-state index in [9.17, 15) is 4.79 Å². The lowest BCUT2D eigenvalue weighted by Crippen LogP contribution is -2.26. The Balaban J connectivity index is 1.74. The Labute approximate surface area is 148 Å². The molecule has 0 radical (unpaired) electrons. The van der Waals surface area contributed by atoms with E-state index in [0.29, 0.717) is 10.8 Å². The zero-order valence-corrected chi connectivity index (χ0v) is 15.3. The first kappa shape index (κ1) is 17.0. The molecule has 2 aromatic rings. The molecular formula is C19H24N2O2S. The first-order chi connectivity index (χ1) is 11.3. The Hall–Kier alpha value is -1.88. The Morgan fingerprint density at radius 1 is 1.25 bits per heavy atom. The van der Waals surface area contributed by atoms with Crippen LogP contribution in [0.4, 0.5) is 0 Å². The van der Waals surface area contributed by atoms with Gasteiger partial charge in [-0.1, -0.05) is 24.3 Å². The summed E-state index contributed by atoms with van der Waals surface area (Å²) in [6, 6.07) is 8.95. The average molecular weight is 344 g/mol. The van der Waals surface area contributed by atoms with Crippen LogP contribution in [-0.4, -0.2) is 20.7 Å². The lowest BCUT2D eigenvalue weighted by atomic mass is 9.88. The largest absolute Gasteiger partial charge is 0.459 e. The molecule has 0 N–H and O–H groups in total. The Morgan fingerprint density at radius 2 is 1.96 bits per heavy atom. The van der Waals surface area contributed by atoms with Crippen molar-refractivity contribution in [3.8, 4) is 0 Å². The first-order valence-corrected chi connectivity index (χ1v) is 8.80. The van der Waals surface area contributed by atoms with Gasteiger partial charge in [0.15, 0.2) is 4.77 Å². The van der Waals surface area contributed by atoms with Crippen LogP contribution in [0.5, 0.6) is 0 Å². The van der Waals surface area contributed by atoms with Gasteiger partial charge < -0.3 is 13.9 Å². The molecule has 24 heavy (non-hydrogen) atoms. The van der Waals surface area contributed by atoms with E-state index in [-0.39, 0.29) is 12.5 Å². The number of ether oxygens (including phenoxy) is 1. The molecule has 0 bridgehead atoms. The average Bonchev–Trinajstić information content (AvgIpc) is 2.86. The number of benzene rings is 1. The van der Waals surface area contributed by atoms with Crippen LogP contribution in [0.15, 0.2) is 36.7 Å². The fraction of sp³-hybridized carbons (Fsp3) is 0.474. The van der Waals surface area contributed by atoms with Gasteiger partial charge in [0.25, 0.3) is 0 Å². The molecule has 1 aliphatic rings. The van der Waals surface area contributed by atoms with E-state index in [0.717, 1.165) is 19.3 Å². The highest BCUT2D eigenvalue weighted by Crippen LogP contribution is 2.29. The van der Waals surface area contributed by atoms with Crippen LogP contribution >= 0.6 is 12.2 Å². The number of hydrogen-bond acceptors (Lipinski definition) is 3. The summed E-state index contributed by atoms with van der Waals surface area (Å²) in [5.41, 5.74) is 2.36. The van der Waals surface area contributed by atoms with E-state index in [1.54, 1.807) is 4.57 Å². The molecule has 1 aromatic heterocycles. The van der Waals surface area contributed by atoms with Crippen LogP contribution < -0.4 is 0 Å². The predicted molar refractivity (Wildman–Crippen MR) is 96.6 cm³/mol. The predicted octanol–water partition coefficient (Wildman–Crippen LogP) is 4.09. The second-order valence-electron chi connectivity index (χ2n) is 7.37. The van der Waals surface area contributed by atoms with Gasteiger partial charge >= 0.3 is 5.97 Å². The van der Waals surface area contributed by atoms with Crippen molar-refractivity contribution in [3.63, 3.8) is 0 Å². The highest BCUT2D eigenvalue weighted by atomic mass is 32.1. The number of fused-ring (bicyclic) bond motifs is 1. The smallest absolute Gasteiger partial charge is 0.326 e. The number of imidazole rings is 1. The summed E-state index contributed by atoms with van der Waals surface area (Å²) >= 11 is 5.58. The lowest BCUT2D eigenvalue weighted by Gasteiger charge is -2.25. The van der Waals surface area contributed by atoms with Gasteiger partial charge in [0.1, 0.15) is 12.1 Å². The molecule has 0 fully saturated rings. The molecule has 1 aromatic carbocycles. The van der Waals surface area contributed by atoms with Gasteiger partial charge in [0, 0.05) is 18.4 Å². The van der Waals surface area contributed by atoms with Gasteiger partial charge in [0.2, 0.25) is 0 Å². The molecule has 5 heteroatoms. The van der Waals surface area contributed by atoms with Gasteiger partial charge in [-0.3, -0.25) is 4.79 Å². The van der Waals surface area contributed by atoms with Crippen molar-refractivity contribution in [2.75, 3.05) is 0 Å². The number of nitrogens with zero attached hydrogens (tertiary/aromatic N) is 2. The number of aryl methyl sites for hydroxylation is 1. The fourth-order valence-corrected chi connectivity index (χ4v) is 3.59. The molecule has 128 valence electrons. The van der Waals surface area contributed by atoms with E-state index in [2.05, 4.69) is 28.8 Å². The summed E-state index contributed by atoms with van der Waals surface area (Å²) in [4.78, 5) is 12.0. The highest BCUT2D eigenvalue weighted by molar-refractivity contribution is 7.71. The minimum absolute atomic E-state index is 0.159. The van der Waals surface area contributed by atoms with Crippen LogP contribution in [0.3, 0.4) is 0 Å². The topological polar surface area (TPSA) is 36.2 Å². The third kappa shape index (κ3) is 3.78.